The lowest BCUT2D eigenvalue weighted by Gasteiger charge is -2.27. The molecule has 0 fully saturated rings. The van der Waals surface area contributed by atoms with Crippen LogP contribution in [0, 0.1) is 6.92 Å². The third kappa shape index (κ3) is 3.61. The fraction of sp³-hybridized carbons (Fsp3) is 0.389. The Morgan fingerprint density at radius 3 is 2.48 bits per heavy atom. The van der Waals surface area contributed by atoms with Crippen LogP contribution in [-0.2, 0) is 0 Å². The van der Waals surface area contributed by atoms with E-state index >= 15 is 0 Å². The molecule has 1 heterocycles. The zero-order chi connectivity index (χ0) is 15.2. The topological polar surface area (TPSA) is 28.2 Å². The summed E-state index contributed by atoms with van der Waals surface area (Å²) in [5.41, 5.74) is 3.70. The molecule has 1 aromatic heterocycles. The predicted molar refractivity (Wildman–Crippen MR) is 90.2 cm³/mol. The van der Waals surface area contributed by atoms with Gasteiger partial charge in [0.1, 0.15) is 5.82 Å². The molecule has 0 radical (unpaired) electrons. The Kier molecular flexibility index (Phi) is 5.34. The minimum atomic E-state index is 0.290. The van der Waals surface area contributed by atoms with E-state index in [9.17, 15) is 0 Å². The summed E-state index contributed by atoms with van der Waals surface area (Å²) in [5, 5.41) is 3.48. The van der Waals surface area contributed by atoms with E-state index in [-0.39, 0.29) is 6.04 Å². The van der Waals surface area contributed by atoms with Gasteiger partial charge >= 0.3 is 0 Å². The fourth-order valence-corrected chi connectivity index (χ4v) is 2.57. The Balaban J connectivity index is 2.40. The first-order valence-electron chi connectivity index (χ1n) is 7.69. The lowest BCUT2D eigenvalue weighted by molar-refractivity contribution is 0.596. The summed E-state index contributed by atoms with van der Waals surface area (Å²) >= 11 is 0. The van der Waals surface area contributed by atoms with Crippen LogP contribution in [0.2, 0.25) is 0 Å². The number of aromatic nitrogens is 1. The monoisotopic (exact) mass is 283 g/mol. The summed E-state index contributed by atoms with van der Waals surface area (Å²) in [6.07, 6.45) is 1.87. The average molecular weight is 283 g/mol. The van der Waals surface area contributed by atoms with Crippen molar-refractivity contribution >= 4 is 11.5 Å². The summed E-state index contributed by atoms with van der Waals surface area (Å²) in [6, 6.07) is 13.1. The first-order valence-corrected chi connectivity index (χ1v) is 7.69. The molecule has 0 saturated carbocycles. The molecule has 1 N–H and O–H groups in total. The molecule has 2 aromatic rings. The smallest absolute Gasteiger partial charge is 0.137 e. The quantitative estimate of drug-likeness (QED) is 0.860. The predicted octanol–water partition coefficient (Wildman–Crippen LogP) is 4.22. The first kappa shape index (κ1) is 15.5. The normalized spacial score (nSPS) is 12.2. The van der Waals surface area contributed by atoms with Crippen LogP contribution in [0.5, 0.6) is 0 Å². The summed E-state index contributed by atoms with van der Waals surface area (Å²) in [4.78, 5) is 6.90. The first-order chi connectivity index (χ1) is 10.2. The minimum Gasteiger partial charge on any atom is -0.326 e. The maximum absolute atomic E-state index is 4.64. The van der Waals surface area contributed by atoms with Gasteiger partial charge in [-0.1, -0.05) is 30.7 Å². The van der Waals surface area contributed by atoms with Crippen molar-refractivity contribution in [3.8, 4) is 0 Å². The molecule has 0 saturated heterocycles. The number of pyridine rings is 1. The molecule has 0 bridgehead atoms. The van der Waals surface area contributed by atoms with E-state index in [1.807, 2.05) is 12.3 Å². The zero-order valence-corrected chi connectivity index (χ0v) is 13.4. The van der Waals surface area contributed by atoms with Gasteiger partial charge in [0.15, 0.2) is 0 Å². The largest absolute Gasteiger partial charge is 0.326 e. The number of anilines is 2. The molecule has 0 aliphatic rings. The van der Waals surface area contributed by atoms with Crippen LogP contribution >= 0.6 is 0 Å². The standard InChI is InChI=1S/C18H25N3/c1-5-19-15(4)17-8-7-13-20-18(17)21(6-2)16-11-9-14(3)10-12-16/h7-13,15,19H,5-6H2,1-4H3. The van der Waals surface area contributed by atoms with Crippen LogP contribution in [0.1, 0.15) is 37.9 Å². The molecule has 3 heteroatoms. The molecule has 1 unspecified atom stereocenters. The fourth-order valence-electron chi connectivity index (χ4n) is 2.57. The molecule has 1 aromatic carbocycles. The van der Waals surface area contributed by atoms with E-state index in [0.717, 1.165) is 18.9 Å². The highest BCUT2D eigenvalue weighted by molar-refractivity contribution is 5.63. The number of hydrogen-bond donors (Lipinski definition) is 1. The van der Waals surface area contributed by atoms with Gasteiger partial charge < -0.3 is 10.2 Å². The van der Waals surface area contributed by atoms with Gasteiger partial charge in [-0.05, 0) is 45.5 Å². The Hall–Kier alpha value is -1.87. The Labute approximate surface area is 128 Å². The van der Waals surface area contributed by atoms with Crippen molar-refractivity contribution in [3.05, 3.63) is 53.7 Å². The number of rotatable bonds is 6. The number of hydrogen-bond acceptors (Lipinski definition) is 3. The number of benzene rings is 1. The Morgan fingerprint density at radius 1 is 1.14 bits per heavy atom. The molecule has 0 amide bonds. The van der Waals surface area contributed by atoms with Gasteiger partial charge in [0, 0.05) is 30.0 Å². The SMILES string of the molecule is CCNC(C)c1cccnc1N(CC)c1ccc(C)cc1. The molecular formula is C18H25N3. The van der Waals surface area contributed by atoms with Gasteiger partial charge in [-0.15, -0.1) is 0 Å². The summed E-state index contributed by atoms with van der Waals surface area (Å²) < 4.78 is 0. The van der Waals surface area contributed by atoms with Gasteiger partial charge in [-0.3, -0.25) is 0 Å². The van der Waals surface area contributed by atoms with Crippen molar-refractivity contribution in [2.75, 3.05) is 18.0 Å². The van der Waals surface area contributed by atoms with Crippen LogP contribution < -0.4 is 10.2 Å². The molecule has 0 spiro atoms. The Morgan fingerprint density at radius 2 is 1.86 bits per heavy atom. The highest BCUT2D eigenvalue weighted by Gasteiger charge is 2.16. The third-order valence-electron chi connectivity index (χ3n) is 3.71. The van der Waals surface area contributed by atoms with Gasteiger partial charge in [-0.2, -0.15) is 0 Å². The highest BCUT2D eigenvalue weighted by Crippen LogP contribution is 2.29. The molecule has 2 rings (SSSR count). The van der Waals surface area contributed by atoms with Crippen molar-refractivity contribution in [2.24, 2.45) is 0 Å². The molecule has 1 atom stereocenters. The summed E-state index contributed by atoms with van der Waals surface area (Å²) in [5.74, 6) is 1.04. The van der Waals surface area contributed by atoms with Crippen molar-refractivity contribution in [1.29, 1.82) is 0 Å². The number of nitrogens with zero attached hydrogens (tertiary/aromatic N) is 2. The van der Waals surface area contributed by atoms with E-state index in [0.29, 0.717) is 0 Å². The van der Waals surface area contributed by atoms with Crippen LogP contribution in [-0.4, -0.2) is 18.1 Å². The molecular weight excluding hydrogens is 258 g/mol. The highest BCUT2D eigenvalue weighted by atomic mass is 15.2. The van der Waals surface area contributed by atoms with Gasteiger partial charge in [0.25, 0.3) is 0 Å². The van der Waals surface area contributed by atoms with Gasteiger partial charge in [0.2, 0.25) is 0 Å². The van der Waals surface area contributed by atoms with Crippen molar-refractivity contribution in [2.45, 2.75) is 33.7 Å². The Bertz CT molecular complexity index is 563. The lowest BCUT2D eigenvalue weighted by atomic mass is 10.1. The van der Waals surface area contributed by atoms with Crippen LogP contribution in [0.15, 0.2) is 42.6 Å². The maximum Gasteiger partial charge on any atom is 0.137 e. The van der Waals surface area contributed by atoms with E-state index in [1.165, 1.54) is 16.8 Å². The van der Waals surface area contributed by atoms with Crippen molar-refractivity contribution in [3.63, 3.8) is 0 Å². The second kappa shape index (κ2) is 7.23. The zero-order valence-electron chi connectivity index (χ0n) is 13.4. The number of aryl methyl sites for hydroxylation is 1. The van der Waals surface area contributed by atoms with Crippen LogP contribution in [0.4, 0.5) is 11.5 Å². The van der Waals surface area contributed by atoms with Gasteiger partial charge in [-0.25, -0.2) is 4.98 Å². The van der Waals surface area contributed by atoms with Crippen molar-refractivity contribution in [1.82, 2.24) is 10.3 Å². The minimum absolute atomic E-state index is 0.290. The number of nitrogens with one attached hydrogen (secondary N) is 1. The van der Waals surface area contributed by atoms with E-state index < -0.39 is 0 Å². The summed E-state index contributed by atoms with van der Waals surface area (Å²) in [7, 11) is 0. The van der Waals surface area contributed by atoms with Gasteiger partial charge in [0.05, 0.1) is 0 Å². The van der Waals surface area contributed by atoms with E-state index in [2.05, 4.69) is 73.2 Å². The summed E-state index contributed by atoms with van der Waals surface area (Å²) in [6.45, 7) is 10.4. The average Bonchev–Trinajstić information content (AvgIpc) is 2.50. The molecule has 0 aliphatic heterocycles. The van der Waals surface area contributed by atoms with Crippen LogP contribution in [0.3, 0.4) is 0 Å². The molecule has 3 nitrogen and oxygen atoms in total. The van der Waals surface area contributed by atoms with Crippen molar-refractivity contribution < 1.29 is 0 Å². The molecule has 21 heavy (non-hydrogen) atoms. The molecule has 112 valence electrons. The second-order valence-electron chi connectivity index (χ2n) is 5.28. The second-order valence-corrected chi connectivity index (χ2v) is 5.28. The van der Waals surface area contributed by atoms with Crippen LogP contribution in [0.25, 0.3) is 0 Å². The van der Waals surface area contributed by atoms with E-state index in [4.69, 9.17) is 0 Å². The van der Waals surface area contributed by atoms with E-state index in [1.54, 1.807) is 0 Å². The third-order valence-corrected chi connectivity index (χ3v) is 3.71. The maximum atomic E-state index is 4.64. The molecule has 0 aliphatic carbocycles. The lowest BCUT2D eigenvalue weighted by Crippen LogP contribution is -2.24.